The van der Waals surface area contributed by atoms with Crippen LogP contribution in [0.2, 0.25) is 0 Å². The number of rotatable bonds is 6. The molecule has 0 aliphatic heterocycles. The predicted molar refractivity (Wildman–Crippen MR) is 62.8 cm³/mol. The number of aromatic nitrogens is 2. The number of anilines is 1. The molecule has 1 heterocycles. The van der Waals surface area contributed by atoms with Gasteiger partial charge in [-0.15, -0.1) is 0 Å². The lowest BCUT2D eigenvalue weighted by atomic mass is 10.3. The van der Waals surface area contributed by atoms with Gasteiger partial charge in [-0.3, -0.25) is 9.59 Å². The Bertz CT molecular complexity index is 418. The van der Waals surface area contributed by atoms with Crippen molar-refractivity contribution < 1.29 is 9.53 Å². The zero-order valence-electron chi connectivity index (χ0n) is 9.82. The van der Waals surface area contributed by atoms with Crippen LogP contribution in [0, 0.1) is 0 Å². The zero-order valence-corrected chi connectivity index (χ0v) is 9.82. The van der Waals surface area contributed by atoms with Crippen molar-refractivity contribution in [3.05, 3.63) is 22.6 Å². The molecule has 1 aromatic heterocycles. The molecule has 0 aliphatic rings. The molecular weight excluding hydrogens is 224 g/mol. The second-order valence-corrected chi connectivity index (χ2v) is 3.48. The van der Waals surface area contributed by atoms with E-state index in [9.17, 15) is 9.59 Å². The van der Waals surface area contributed by atoms with E-state index in [1.807, 2.05) is 0 Å². The Kier molecular flexibility index (Phi) is 5.15. The van der Waals surface area contributed by atoms with Crippen LogP contribution < -0.4 is 16.2 Å². The van der Waals surface area contributed by atoms with Crippen LogP contribution in [0.15, 0.2) is 17.1 Å². The summed E-state index contributed by atoms with van der Waals surface area (Å²) in [5.41, 5.74) is 0.185. The highest BCUT2D eigenvalue weighted by Crippen LogP contribution is 2.01. The molecule has 0 spiro atoms. The number of ether oxygens (including phenoxy) is 1. The van der Waals surface area contributed by atoms with Crippen molar-refractivity contribution in [1.82, 2.24) is 15.5 Å². The summed E-state index contributed by atoms with van der Waals surface area (Å²) in [5, 5.41) is 11.4. The summed E-state index contributed by atoms with van der Waals surface area (Å²) in [6, 6.07) is 0.891. The highest BCUT2D eigenvalue weighted by atomic mass is 16.5. The van der Waals surface area contributed by atoms with Gasteiger partial charge in [0, 0.05) is 19.7 Å². The van der Waals surface area contributed by atoms with Gasteiger partial charge in [0.25, 0.3) is 5.56 Å². The van der Waals surface area contributed by atoms with Crippen molar-refractivity contribution in [1.29, 1.82) is 0 Å². The summed E-state index contributed by atoms with van der Waals surface area (Å²) in [6.45, 7) is 2.61. The second-order valence-electron chi connectivity index (χ2n) is 3.48. The molecule has 0 aliphatic carbocycles. The molecule has 7 heteroatoms. The normalized spacial score (nSPS) is 11.9. The Balaban J connectivity index is 2.45. The van der Waals surface area contributed by atoms with Crippen molar-refractivity contribution in [2.45, 2.75) is 13.0 Å². The van der Waals surface area contributed by atoms with Gasteiger partial charge in [-0.2, -0.15) is 5.10 Å². The summed E-state index contributed by atoms with van der Waals surface area (Å²) < 4.78 is 4.82. The standard InChI is InChI=1S/C10H16N4O3/c1-7(10(16)11-3-4-17-2)13-8-5-9(15)14-12-6-8/h5-7H,3-4H2,1-2H3,(H,11,16)(H2,13,14,15). The topological polar surface area (TPSA) is 96.1 Å². The van der Waals surface area contributed by atoms with Gasteiger partial charge >= 0.3 is 0 Å². The van der Waals surface area contributed by atoms with Gasteiger partial charge in [0.15, 0.2) is 0 Å². The Morgan fingerprint density at radius 1 is 1.65 bits per heavy atom. The van der Waals surface area contributed by atoms with Crippen molar-refractivity contribution in [2.24, 2.45) is 0 Å². The van der Waals surface area contributed by atoms with E-state index in [4.69, 9.17) is 4.74 Å². The van der Waals surface area contributed by atoms with Crippen LogP contribution in [0.4, 0.5) is 5.69 Å². The summed E-state index contributed by atoms with van der Waals surface area (Å²) in [6.07, 6.45) is 1.44. The summed E-state index contributed by atoms with van der Waals surface area (Å²) >= 11 is 0. The molecule has 1 atom stereocenters. The highest BCUT2D eigenvalue weighted by molar-refractivity contribution is 5.84. The predicted octanol–water partition coefficient (Wildman–Crippen LogP) is -0.667. The fourth-order valence-corrected chi connectivity index (χ4v) is 1.20. The first kappa shape index (κ1) is 13.2. The minimum Gasteiger partial charge on any atom is -0.383 e. The number of hydrogen-bond acceptors (Lipinski definition) is 5. The Morgan fingerprint density at radius 3 is 3.06 bits per heavy atom. The van der Waals surface area contributed by atoms with Crippen LogP contribution in [-0.4, -0.2) is 42.4 Å². The molecule has 3 N–H and O–H groups in total. The number of carbonyl (C=O) groups is 1. The molecule has 0 aromatic carbocycles. The van der Waals surface area contributed by atoms with E-state index in [-0.39, 0.29) is 11.5 Å². The maximum Gasteiger partial charge on any atom is 0.266 e. The lowest BCUT2D eigenvalue weighted by molar-refractivity contribution is -0.121. The van der Waals surface area contributed by atoms with Crippen molar-refractivity contribution in [2.75, 3.05) is 25.6 Å². The van der Waals surface area contributed by atoms with Crippen LogP contribution in [0.5, 0.6) is 0 Å². The summed E-state index contributed by atoms with van der Waals surface area (Å²) in [5.74, 6) is -0.165. The van der Waals surface area contributed by atoms with Crippen LogP contribution >= 0.6 is 0 Å². The molecule has 1 amide bonds. The van der Waals surface area contributed by atoms with E-state index in [1.165, 1.54) is 12.3 Å². The van der Waals surface area contributed by atoms with E-state index in [1.54, 1.807) is 14.0 Å². The molecule has 0 radical (unpaired) electrons. The van der Waals surface area contributed by atoms with Gasteiger partial charge in [-0.25, -0.2) is 5.10 Å². The smallest absolute Gasteiger partial charge is 0.266 e. The monoisotopic (exact) mass is 240 g/mol. The minimum atomic E-state index is -0.449. The van der Waals surface area contributed by atoms with E-state index < -0.39 is 6.04 Å². The molecule has 1 unspecified atom stereocenters. The number of methoxy groups -OCH3 is 1. The minimum absolute atomic E-state index is 0.165. The van der Waals surface area contributed by atoms with Gasteiger partial charge in [-0.05, 0) is 6.92 Å². The van der Waals surface area contributed by atoms with Gasteiger partial charge in [0.05, 0.1) is 18.5 Å². The molecule has 1 aromatic rings. The fourth-order valence-electron chi connectivity index (χ4n) is 1.20. The quantitative estimate of drug-likeness (QED) is 0.573. The number of aromatic amines is 1. The average molecular weight is 240 g/mol. The van der Waals surface area contributed by atoms with Crippen LogP contribution in [0.1, 0.15) is 6.92 Å². The first-order valence-electron chi connectivity index (χ1n) is 5.21. The number of nitrogens with one attached hydrogen (secondary N) is 3. The first-order valence-corrected chi connectivity index (χ1v) is 5.21. The van der Waals surface area contributed by atoms with E-state index in [0.29, 0.717) is 18.8 Å². The molecule has 0 fully saturated rings. The molecule has 7 nitrogen and oxygen atoms in total. The SMILES string of the molecule is COCCNC(=O)C(C)Nc1cn[nH]c(=O)c1. The van der Waals surface area contributed by atoms with Crippen molar-refractivity contribution >= 4 is 11.6 Å². The Hall–Kier alpha value is -1.89. The molecule has 0 saturated carbocycles. The Labute approximate surface area is 98.6 Å². The van der Waals surface area contributed by atoms with E-state index in [2.05, 4.69) is 20.8 Å². The number of hydrogen-bond donors (Lipinski definition) is 3. The molecule has 0 bridgehead atoms. The van der Waals surface area contributed by atoms with Crippen molar-refractivity contribution in [3.63, 3.8) is 0 Å². The van der Waals surface area contributed by atoms with Crippen LogP contribution in [0.3, 0.4) is 0 Å². The lowest BCUT2D eigenvalue weighted by Gasteiger charge is -2.14. The van der Waals surface area contributed by atoms with Gasteiger partial charge in [0.1, 0.15) is 6.04 Å². The van der Waals surface area contributed by atoms with Crippen LogP contribution in [-0.2, 0) is 9.53 Å². The molecular formula is C10H16N4O3. The van der Waals surface area contributed by atoms with Gasteiger partial charge < -0.3 is 15.4 Å². The Morgan fingerprint density at radius 2 is 2.41 bits per heavy atom. The summed E-state index contributed by atoms with van der Waals surface area (Å²) in [4.78, 5) is 22.5. The number of amides is 1. The molecule has 0 saturated heterocycles. The lowest BCUT2D eigenvalue weighted by Crippen LogP contribution is -2.39. The van der Waals surface area contributed by atoms with E-state index >= 15 is 0 Å². The van der Waals surface area contributed by atoms with Gasteiger partial charge in [0.2, 0.25) is 5.91 Å². The third kappa shape index (κ3) is 4.64. The number of H-pyrrole nitrogens is 1. The highest BCUT2D eigenvalue weighted by Gasteiger charge is 2.11. The third-order valence-corrected chi connectivity index (χ3v) is 2.05. The fraction of sp³-hybridized carbons (Fsp3) is 0.500. The summed E-state index contributed by atoms with van der Waals surface area (Å²) in [7, 11) is 1.57. The second kappa shape index (κ2) is 6.64. The molecule has 17 heavy (non-hydrogen) atoms. The number of nitrogens with zero attached hydrogens (tertiary/aromatic N) is 1. The van der Waals surface area contributed by atoms with Gasteiger partial charge in [-0.1, -0.05) is 0 Å². The van der Waals surface area contributed by atoms with E-state index in [0.717, 1.165) is 0 Å². The molecule has 1 rings (SSSR count). The van der Waals surface area contributed by atoms with Crippen molar-refractivity contribution in [3.8, 4) is 0 Å². The first-order chi connectivity index (χ1) is 8.13. The maximum absolute atomic E-state index is 11.6. The van der Waals surface area contributed by atoms with Crippen LogP contribution in [0.25, 0.3) is 0 Å². The molecule has 94 valence electrons. The maximum atomic E-state index is 11.6. The largest absolute Gasteiger partial charge is 0.383 e. The number of carbonyl (C=O) groups excluding carboxylic acids is 1. The third-order valence-electron chi connectivity index (χ3n) is 2.05. The average Bonchev–Trinajstić information content (AvgIpc) is 2.29. The zero-order chi connectivity index (χ0) is 12.7.